The molecule has 2 aromatic carbocycles. The average Bonchev–Trinajstić information content (AvgIpc) is 4.10. The molecular weight excluding hydrogens is 767 g/mol. The van der Waals surface area contributed by atoms with E-state index in [9.17, 15) is 20.1 Å². The second-order valence-corrected chi connectivity index (χ2v) is 15.9. The molecule has 0 radical (unpaired) electrons. The fourth-order valence-electron chi connectivity index (χ4n) is 9.10. The number of nitrogens with zero attached hydrogens (tertiary/aromatic N) is 3. The lowest BCUT2D eigenvalue weighted by Crippen LogP contribution is -2.70. The van der Waals surface area contributed by atoms with Gasteiger partial charge in [-0.3, -0.25) is 9.80 Å². The van der Waals surface area contributed by atoms with Gasteiger partial charge in [0.2, 0.25) is 5.79 Å². The van der Waals surface area contributed by atoms with Crippen molar-refractivity contribution >= 4 is 11.8 Å². The molecule has 2 fully saturated rings. The maximum absolute atomic E-state index is 14.4. The number of carbonyl (C=O) groups is 1. The standard InChI is InChI=1S/C47H65N3O10/c1-3-5-27-57-46(54)50(22-28-55-30-25-53)43-33-41(48-59-34-35-13-7-6-8-14-35)39-31-36(15-9-11-23-51)38(16-10-12-24-52)44-40-32-37(56-29-21-49-19-20-49)17-18-42(40)60-47(43,45(39)44)58-26-4-2/h3-4,6-8,13-14,17-18,31-32,36,38,43-45,51-53H,1-2,5,9-12,15-16,19-30,33-34H2. The number of hydrogen-bond acceptors (Lipinski definition) is 12. The number of allylic oxidation sites excluding steroid dienone is 1. The van der Waals surface area contributed by atoms with E-state index in [4.69, 9.17) is 33.7 Å². The third-order valence-corrected chi connectivity index (χ3v) is 12.0. The Morgan fingerprint density at radius 2 is 1.75 bits per heavy atom. The Hall–Kier alpha value is -4.24. The Morgan fingerprint density at radius 3 is 2.48 bits per heavy atom. The van der Waals surface area contributed by atoms with Gasteiger partial charge in [-0.25, -0.2) is 4.79 Å². The topological polar surface area (TPSA) is 152 Å². The first kappa shape index (κ1) is 45.3. The Bertz CT molecular complexity index is 1730. The maximum Gasteiger partial charge on any atom is 0.410 e. The first-order chi connectivity index (χ1) is 29.5. The predicted molar refractivity (Wildman–Crippen MR) is 229 cm³/mol. The highest BCUT2D eigenvalue weighted by molar-refractivity contribution is 6.03. The van der Waals surface area contributed by atoms with E-state index in [2.05, 4.69) is 30.2 Å². The van der Waals surface area contributed by atoms with Gasteiger partial charge >= 0.3 is 6.09 Å². The van der Waals surface area contributed by atoms with Gasteiger partial charge in [0.15, 0.2) is 0 Å². The Labute approximate surface area is 355 Å². The average molecular weight is 832 g/mol. The summed E-state index contributed by atoms with van der Waals surface area (Å²) in [5.74, 6) is -0.576. The van der Waals surface area contributed by atoms with E-state index in [0.29, 0.717) is 37.3 Å². The zero-order chi connectivity index (χ0) is 42.2. The van der Waals surface area contributed by atoms with Crippen LogP contribution in [0.3, 0.4) is 0 Å². The van der Waals surface area contributed by atoms with E-state index in [1.165, 1.54) is 0 Å². The molecule has 328 valence electrons. The van der Waals surface area contributed by atoms with Crippen LogP contribution < -0.4 is 9.47 Å². The molecule has 1 amide bonds. The number of hydrogen-bond donors (Lipinski definition) is 3. The highest BCUT2D eigenvalue weighted by Gasteiger charge is 2.65. The summed E-state index contributed by atoms with van der Waals surface area (Å²) < 4.78 is 32.4. The van der Waals surface area contributed by atoms with Crippen molar-refractivity contribution in [3.63, 3.8) is 0 Å². The molecule has 6 rings (SSSR count). The fraction of sp³-hybridized carbons (Fsp3) is 0.574. The van der Waals surface area contributed by atoms with E-state index in [1.54, 1.807) is 17.1 Å². The van der Waals surface area contributed by atoms with Crippen molar-refractivity contribution in [3.05, 3.63) is 96.6 Å². The second-order valence-electron chi connectivity index (χ2n) is 15.9. The van der Waals surface area contributed by atoms with E-state index >= 15 is 0 Å². The van der Waals surface area contributed by atoms with Crippen molar-refractivity contribution in [3.8, 4) is 11.5 Å². The van der Waals surface area contributed by atoms with Crippen molar-refractivity contribution < 1.29 is 48.6 Å². The molecule has 0 aromatic heterocycles. The fourth-order valence-corrected chi connectivity index (χ4v) is 9.10. The summed E-state index contributed by atoms with van der Waals surface area (Å²) in [6.45, 7) is 12.3. The summed E-state index contributed by atoms with van der Waals surface area (Å²) in [5, 5.41) is 34.3. The molecule has 1 saturated heterocycles. The van der Waals surface area contributed by atoms with E-state index in [0.717, 1.165) is 67.8 Å². The van der Waals surface area contributed by atoms with Gasteiger partial charge < -0.3 is 43.8 Å². The Kier molecular flexibility index (Phi) is 17.4. The predicted octanol–water partition coefficient (Wildman–Crippen LogP) is 6.24. The summed E-state index contributed by atoms with van der Waals surface area (Å²) in [6, 6.07) is 15.1. The van der Waals surface area contributed by atoms with E-state index < -0.39 is 23.8 Å². The lowest BCUT2D eigenvalue weighted by Gasteiger charge is -2.59. The number of rotatable bonds is 27. The van der Waals surface area contributed by atoms with Crippen LogP contribution in [0, 0.1) is 17.8 Å². The van der Waals surface area contributed by atoms with Gasteiger partial charge in [0.25, 0.3) is 0 Å². The van der Waals surface area contributed by atoms with Crippen LogP contribution in [-0.2, 0) is 25.7 Å². The van der Waals surface area contributed by atoms with Crippen LogP contribution in [0.5, 0.6) is 11.5 Å². The van der Waals surface area contributed by atoms with Crippen LogP contribution in [0.4, 0.5) is 4.79 Å². The van der Waals surface area contributed by atoms with Crippen molar-refractivity contribution in [1.82, 2.24) is 9.80 Å². The monoisotopic (exact) mass is 831 g/mol. The van der Waals surface area contributed by atoms with Gasteiger partial charge in [-0.2, -0.15) is 0 Å². The van der Waals surface area contributed by atoms with Gasteiger partial charge in [-0.1, -0.05) is 66.6 Å². The molecular formula is C47H65N3O10. The molecule has 60 heavy (non-hydrogen) atoms. The van der Waals surface area contributed by atoms with Crippen LogP contribution in [-0.4, -0.2) is 128 Å². The smallest absolute Gasteiger partial charge is 0.410 e. The highest BCUT2D eigenvalue weighted by atomic mass is 16.7. The van der Waals surface area contributed by atoms with Crippen LogP contribution in [0.2, 0.25) is 0 Å². The number of amides is 1. The van der Waals surface area contributed by atoms with Crippen molar-refractivity contribution in [2.24, 2.45) is 22.9 Å². The lowest BCUT2D eigenvalue weighted by atomic mass is 9.55. The minimum atomic E-state index is -1.45. The first-order valence-electron chi connectivity index (χ1n) is 21.8. The molecule has 4 aliphatic rings. The number of benzene rings is 2. The van der Waals surface area contributed by atoms with Gasteiger partial charge in [-0.05, 0) is 73.3 Å². The molecule has 0 spiro atoms. The number of aliphatic hydroxyl groups excluding tert-OH is 3. The zero-order valence-corrected chi connectivity index (χ0v) is 35.0. The van der Waals surface area contributed by atoms with Crippen LogP contribution in [0.25, 0.3) is 0 Å². The normalized spacial score (nSPS) is 24.7. The Balaban J connectivity index is 1.53. The first-order valence-corrected chi connectivity index (χ1v) is 21.8. The second kappa shape index (κ2) is 23.1. The highest BCUT2D eigenvalue weighted by Crippen LogP contribution is 2.62. The number of carbonyl (C=O) groups excluding carboxylic acids is 1. The lowest BCUT2D eigenvalue weighted by molar-refractivity contribution is -0.256. The molecule has 2 heterocycles. The van der Waals surface area contributed by atoms with E-state index in [-0.39, 0.29) is 83.6 Å². The molecule has 13 nitrogen and oxygen atoms in total. The number of oxime groups is 1. The van der Waals surface area contributed by atoms with E-state index in [1.807, 2.05) is 42.5 Å². The van der Waals surface area contributed by atoms with Gasteiger partial charge in [0.05, 0.1) is 44.7 Å². The minimum Gasteiger partial charge on any atom is -0.492 e. The summed E-state index contributed by atoms with van der Waals surface area (Å²) in [7, 11) is 0. The maximum atomic E-state index is 14.4. The number of unbranched alkanes of at least 4 members (excludes halogenated alkanes) is 2. The van der Waals surface area contributed by atoms with Crippen molar-refractivity contribution in [2.45, 2.75) is 75.7 Å². The number of ether oxygens (including phenoxy) is 5. The van der Waals surface area contributed by atoms with Crippen LogP contribution in [0.15, 0.2) is 90.6 Å². The summed E-state index contributed by atoms with van der Waals surface area (Å²) >= 11 is 0. The minimum absolute atomic E-state index is 0.0669. The van der Waals surface area contributed by atoms with Gasteiger partial charge in [0.1, 0.15) is 30.8 Å². The Morgan fingerprint density at radius 1 is 0.950 bits per heavy atom. The number of aliphatic hydroxyl groups is 3. The number of fused-ring (bicyclic) bond motifs is 2. The molecule has 6 atom stereocenters. The molecule has 13 heteroatoms. The SMILES string of the molecule is C=CCCOC(=O)N(CCOCCO)C1CC(=NOCc2ccccc2)C2=CC(CCCCO)C(CCCCO)C3c4cc(OCCN5CC5)ccc4OC1(OCC=C)C23. The van der Waals surface area contributed by atoms with Gasteiger partial charge in [0, 0.05) is 57.3 Å². The van der Waals surface area contributed by atoms with Crippen LogP contribution >= 0.6 is 0 Å². The van der Waals surface area contributed by atoms with Crippen molar-refractivity contribution in [2.75, 3.05) is 79.0 Å². The third kappa shape index (κ3) is 11.4. The quantitative estimate of drug-likeness (QED) is 0.0407. The molecule has 6 unspecified atom stereocenters. The molecule has 0 bridgehead atoms. The molecule has 2 aliphatic heterocycles. The summed E-state index contributed by atoms with van der Waals surface area (Å²) in [5.41, 5.74) is 3.58. The zero-order valence-electron chi connectivity index (χ0n) is 35.0. The molecule has 3 N–H and O–H groups in total. The van der Waals surface area contributed by atoms with Gasteiger partial charge in [-0.15, -0.1) is 13.2 Å². The largest absolute Gasteiger partial charge is 0.492 e. The summed E-state index contributed by atoms with van der Waals surface area (Å²) in [4.78, 5) is 24.5. The molecule has 2 aromatic rings. The summed E-state index contributed by atoms with van der Waals surface area (Å²) in [6.07, 6.45) is 10.5. The van der Waals surface area contributed by atoms with Crippen molar-refractivity contribution in [1.29, 1.82) is 0 Å². The molecule has 2 aliphatic carbocycles. The third-order valence-electron chi connectivity index (χ3n) is 12.0. The van der Waals surface area contributed by atoms with Crippen LogP contribution in [0.1, 0.15) is 68.4 Å². The molecule has 1 saturated carbocycles.